The fraction of sp³-hybridized carbons (Fsp3) is 0.368. The molecule has 0 fully saturated rings. The summed E-state index contributed by atoms with van der Waals surface area (Å²) in [6, 6.07) is 6.61. The van der Waals surface area contributed by atoms with Crippen molar-refractivity contribution in [3.05, 3.63) is 41.2 Å². The van der Waals surface area contributed by atoms with Crippen molar-refractivity contribution in [3.8, 4) is 5.75 Å². The minimum absolute atomic E-state index is 0.0136. The molecule has 0 unspecified atom stereocenters. The Morgan fingerprint density at radius 1 is 1.21 bits per heavy atom. The van der Waals surface area contributed by atoms with Crippen molar-refractivity contribution >= 4 is 35.2 Å². The van der Waals surface area contributed by atoms with Crippen molar-refractivity contribution in [3.63, 3.8) is 0 Å². The van der Waals surface area contributed by atoms with Crippen LogP contribution in [0.5, 0.6) is 5.75 Å². The van der Waals surface area contributed by atoms with Crippen LogP contribution in [0.3, 0.4) is 0 Å². The molecule has 1 heterocycles. The largest absolute Gasteiger partial charge is 0.493 e. The number of aromatic nitrogens is 1. The van der Waals surface area contributed by atoms with E-state index >= 15 is 0 Å². The Morgan fingerprint density at radius 2 is 2.00 bits per heavy atom. The van der Waals surface area contributed by atoms with Gasteiger partial charge in [0.25, 0.3) is 0 Å². The van der Waals surface area contributed by atoms with Crippen molar-refractivity contribution in [2.75, 3.05) is 23.4 Å². The molecular formula is C19H22N2O6S. The predicted octanol–water partition coefficient (Wildman–Crippen LogP) is 3.00. The molecule has 1 aromatic heterocycles. The van der Waals surface area contributed by atoms with Crippen LogP contribution < -0.4 is 10.1 Å². The number of nitrogens with one attached hydrogen (secondary N) is 1. The molecule has 2 aromatic rings. The molecule has 0 saturated heterocycles. The Labute approximate surface area is 166 Å². The van der Waals surface area contributed by atoms with E-state index < -0.39 is 5.97 Å². The van der Waals surface area contributed by atoms with Crippen molar-refractivity contribution in [2.24, 2.45) is 0 Å². The van der Waals surface area contributed by atoms with Gasteiger partial charge in [-0.1, -0.05) is 5.16 Å². The molecule has 2 rings (SSSR count). The van der Waals surface area contributed by atoms with Gasteiger partial charge in [-0.05, 0) is 39.0 Å². The van der Waals surface area contributed by atoms with Gasteiger partial charge in [-0.15, -0.1) is 11.8 Å². The molecule has 0 bridgehead atoms. The van der Waals surface area contributed by atoms with Crippen LogP contribution in [-0.2, 0) is 20.9 Å². The predicted molar refractivity (Wildman–Crippen MR) is 105 cm³/mol. The zero-order valence-electron chi connectivity index (χ0n) is 15.9. The maximum Gasteiger partial charge on any atom is 0.316 e. The number of aryl methyl sites for hydroxylation is 1. The van der Waals surface area contributed by atoms with E-state index in [-0.39, 0.29) is 29.8 Å². The summed E-state index contributed by atoms with van der Waals surface area (Å²) in [6.07, 6.45) is 0. The summed E-state index contributed by atoms with van der Waals surface area (Å²) in [4.78, 5) is 35.3. The van der Waals surface area contributed by atoms with E-state index in [2.05, 4.69) is 10.5 Å². The molecule has 28 heavy (non-hydrogen) atoms. The molecule has 150 valence electrons. The van der Waals surface area contributed by atoms with E-state index in [1.165, 1.54) is 6.92 Å². The molecule has 0 atom stereocenters. The standard InChI is InChI=1S/C19H22N2O6S/c1-4-25-16-6-5-14(13(3)22)8-15(16)9-26-19(24)11-28-10-18(23)20-17-7-12(2)27-21-17/h5-8H,4,9-11H2,1-3H3,(H,20,21,23). The van der Waals surface area contributed by atoms with Crippen molar-refractivity contribution in [1.82, 2.24) is 5.16 Å². The first-order chi connectivity index (χ1) is 13.4. The number of rotatable bonds is 10. The first-order valence-corrected chi connectivity index (χ1v) is 9.77. The lowest BCUT2D eigenvalue weighted by atomic mass is 10.1. The van der Waals surface area contributed by atoms with Crippen molar-refractivity contribution in [2.45, 2.75) is 27.4 Å². The van der Waals surface area contributed by atoms with E-state index in [1.807, 2.05) is 6.92 Å². The van der Waals surface area contributed by atoms with E-state index in [1.54, 1.807) is 31.2 Å². The van der Waals surface area contributed by atoms with Crippen LogP contribution in [0.4, 0.5) is 5.82 Å². The second-order valence-corrected chi connectivity index (χ2v) is 6.82. The third-order valence-corrected chi connectivity index (χ3v) is 4.41. The van der Waals surface area contributed by atoms with Crippen LogP contribution >= 0.6 is 11.8 Å². The number of benzene rings is 1. The van der Waals surface area contributed by atoms with Gasteiger partial charge in [-0.25, -0.2) is 0 Å². The third-order valence-electron chi connectivity index (χ3n) is 3.50. The van der Waals surface area contributed by atoms with Gasteiger partial charge in [-0.3, -0.25) is 14.4 Å². The molecule has 1 amide bonds. The second kappa shape index (κ2) is 10.5. The number of hydrogen-bond donors (Lipinski definition) is 1. The summed E-state index contributed by atoms with van der Waals surface area (Å²) in [5.74, 6) is 0.734. The van der Waals surface area contributed by atoms with E-state index in [0.29, 0.717) is 35.1 Å². The lowest BCUT2D eigenvalue weighted by molar-refractivity contribution is -0.141. The third kappa shape index (κ3) is 6.73. The zero-order valence-corrected chi connectivity index (χ0v) is 16.8. The number of hydrogen-bond acceptors (Lipinski definition) is 8. The second-order valence-electron chi connectivity index (χ2n) is 5.84. The van der Waals surface area contributed by atoms with Gasteiger partial charge in [0.1, 0.15) is 18.1 Å². The van der Waals surface area contributed by atoms with E-state index in [0.717, 1.165) is 11.8 Å². The van der Waals surface area contributed by atoms with E-state index in [4.69, 9.17) is 14.0 Å². The zero-order chi connectivity index (χ0) is 20.5. The number of Topliss-reactive ketones (excluding diaryl/α,β-unsaturated/α-hetero) is 1. The molecule has 0 saturated carbocycles. The molecule has 0 radical (unpaired) electrons. The normalized spacial score (nSPS) is 10.4. The first kappa shape index (κ1) is 21.5. The summed E-state index contributed by atoms with van der Waals surface area (Å²) < 4.78 is 15.6. The number of carbonyl (C=O) groups excluding carboxylic acids is 3. The van der Waals surface area contributed by atoms with Crippen LogP contribution in [0.15, 0.2) is 28.8 Å². The molecular weight excluding hydrogens is 384 g/mol. The number of nitrogens with zero attached hydrogens (tertiary/aromatic N) is 1. The summed E-state index contributed by atoms with van der Waals surface area (Å²) in [7, 11) is 0. The average molecular weight is 406 g/mol. The molecule has 0 aliphatic rings. The van der Waals surface area contributed by atoms with Crippen LogP contribution in [0.2, 0.25) is 0 Å². The van der Waals surface area contributed by atoms with E-state index in [9.17, 15) is 14.4 Å². The highest BCUT2D eigenvalue weighted by Gasteiger charge is 2.12. The Kier molecular flexibility index (Phi) is 8.06. The van der Waals surface area contributed by atoms with Crippen LogP contribution in [-0.4, -0.2) is 40.9 Å². The number of thioether (sulfide) groups is 1. The molecule has 8 nitrogen and oxygen atoms in total. The summed E-state index contributed by atoms with van der Waals surface area (Å²) in [5, 5.41) is 6.23. The number of esters is 1. The van der Waals surface area contributed by atoms with Gasteiger partial charge < -0.3 is 19.3 Å². The van der Waals surface area contributed by atoms with Crippen molar-refractivity contribution in [1.29, 1.82) is 0 Å². The van der Waals surface area contributed by atoms with Crippen LogP contribution in [0, 0.1) is 6.92 Å². The average Bonchev–Trinajstić information content (AvgIpc) is 3.05. The fourth-order valence-electron chi connectivity index (χ4n) is 2.24. The quantitative estimate of drug-likeness (QED) is 0.474. The minimum Gasteiger partial charge on any atom is -0.493 e. The van der Waals surface area contributed by atoms with Gasteiger partial charge in [0.05, 0.1) is 18.1 Å². The molecule has 9 heteroatoms. The Bertz CT molecular complexity index is 849. The van der Waals surface area contributed by atoms with Gasteiger partial charge in [0, 0.05) is 17.2 Å². The Hall–Kier alpha value is -2.81. The van der Waals surface area contributed by atoms with Gasteiger partial charge in [0.15, 0.2) is 11.6 Å². The minimum atomic E-state index is -0.467. The molecule has 0 aliphatic heterocycles. The Morgan fingerprint density at radius 3 is 2.64 bits per heavy atom. The Balaban J connectivity index is 1.79. The maximum absolute atomic E-state index is 11.9. The monoisotopic (exact) mass is 406 g/mol. The number of amides is 1. The highest BCUT2D eigenvalue weighted by molar-refractivity contribution is 8.00. The highest BCUT2D eigenvalue weighted by Crippen LogP contribution is 2.22. The fourth-order valence-corrected chi connectivity index (χ4v) is 2.85. The van der Waals surface area contributed by atoms with Crippen LogP contribution in [0.1, 0.15) is 35.5 Å². The lowest BCUT2D eigenvalue weighted by Crippen LogP contribution is -2.16. The molecule has 1 N–H and O–H groups in total. The molecule has 0 aliphatic carbocycles. The van der Waals surface area contributed by atoms with Crippen molar-refractivity contribution < 1.29 is 28.4 Å². The summed E-state index contributed by atoms with van der Waals surface area (Å²) in [5.41, 5.74) is 1.13. The molecule has 0 spiro atoms. The number of carbonyl (C=O) groups is 3. The maximum atomic E-state index is 11.9. The highest BCUT2D eigenvalue weighted by atomic mass is 32.2. The first-order valence-electron chi connectivity index (χ1n) is 8.62. The summed E-state index contributed by atoms with van der Waals surface area (Å²) >= 11 is 1.12. The summed E-state index contributed by atoms with van der Waals surface area (Å²) in [6.45, 7) is 5.47. The topological polar surface area (TPSA) is 108 Å². The smallest absolute Gasteiger partial charge is 0.316 e. The lowest BCUT2D eigenvalue weighted by Gasteiger charge is -2.12. The van der Waals surface area contributed by atoms with Gasteiger partial charge >= 0.3 is 5.97 Å². The molecule has 1 aromatic carbocycles. The van der Waals surface area contributed by atoms with Gasteiger partial charge in [0.2, 0.25) is 5.91 Å². The number of anilines is 1. The SMILES string of the molecule is CCOc1ccc(C(C)=O)cc1COC(=O)CSCC(=O)Nc1cc(C)on1. The van der Waals surface area contributed by atoms with Crippen LogP contribution in [0.25, 0.3) is 0 Å². The number of ketones is 1. The van der Waals surface area contributed by atoms with Gasteiger partial charge in [-0.2, -0.15) is 0 Å². The number of ether oxygens (including phenoxy) is 2.